The van der Waals surface area contributed by atoms with E-state index in [1.165, 1.54) is 0 Å². The first-order chi connectivity index (χ1) is 8.47. The van der Waals surface area contributed by atoms with E-state index in [2.05, 4.69) is 56.9 Å². The van der Waals surface area contributed by atoms with E-state index in [0.29, 0.717) is 6.04 Å². The Morgan fingerprint density at radius 1 is 1.44 bits per heavy atom. The maximum atomic E-state index is 6.23. The van der Waals surface area contributed by atoms with Crippen LogP contribution in [0.4, 0.5) is 0 Å². The van der Waals surface area contributed by atoms with Gasteiger partial charge in [0, 0.05) is 24.7 Å². The Balaban J connectivity index is 2.11. The average molecular weight is 393 g/mol. The van der Waals surface area contributed by atoms with Gasteiger partial charge in [0.1, 0.15) is 0 Å². The quantitative estimate of drug-likeness (QED) is 0.843. The second-order valence-corrected chi connectivity index (χ2v) is 8.22. The molecule has 1 atom stereocenters. The zero-order valence-corrected chi connectivity index (χ0v) is 14.2. The minimum Gasteiger partial charge on any atom is -0.324 e. The first-order valence-electron chi connectivity index (χ1n) is 5.71. The number of nitrogens with zero attached hydrogens (tertiary/aromatic N) is 2. The molecule has 6 heteroatoms. The van der Waals surface area contributed by atoms with E-state index in [1.54, 1.807) is 11.3 Å². The lowest BCUT2D eigenvalue weighted by molar-refractivity contribution is 0.522. The van der Waals surface area contributed by atoms with Crippen molar-refractivity contribution in [2.45, 2.75) is 32.4 Å². The summed E-state index contributed by atoms with van der Waals surface area (Å²) in [6.07, 6.45) is 2.76. The maximum absolute atomic E-state index is 6.23. The van der Waals surface area contributed by atoms with Gasteiger partial charge >= 0.3 is 0 Å². The number of aromatic nitrogens is 2. The predicted molar refractivity (Wildman–Crippen MR) is 83.0 cm³/mol. The van der Waals surface area contributed by atoms with E-state index < -0.39 is 0 Å². The van der Waals surface area contributed by atoms with Crippen LogP contribution in [0.25, 0.3) is 0 Å². The molecule has 0 spiro atoms. The van der Waals surface area contributed by atoms with Crippen LogP contribution in [0, 0.1) is 0 Å². The van der Waals surface area contributed by atoms with Gasteiger partial charge in [-0.1, -0.05) is 0 Å². The van der Waals surface area contributed by atoms with Crippen LogP contribution in [-0.2, 0) is 6.42 Å². The number of rotatable bonds is 4. The van der Waals surface area contributed by atoms with Gasteiger partial charge in [0.25, 0.3) is 0 Å². The molecule has 0 aliphatic rings. The highest BCUT2D eigenvalue weighted by atomic mass is 79.9. The first-order valence-corrected chi connectivity index (χ1v) is 8.12. The molecule has 1 unspecified atom stereocenters. The van der Waals surface area contributed by atoms with Crippen molar-refractivity contribution in [2.75, 3.05) is 0 Å². The van der Waals surface area contributed by atoms with Crippen LogP contribution in [-0.4, -0.2) is 9.78 Å². The van der Waals surface area contributed by atoms with Crippen LogP contribution >= 0.6 is 43.2 Å². The fourth-order valence-electron chi connectivity index (χ4n) is 1.71. The summed E-state index contributed by atoms with van der Waals surface area (Å²) in [5.41, 5.74) is 8.40. The van der Waals surface area contributed by atoms with Crippen molar-refractivity contribution in [1.29, 1.82) is 0 Å². The van der Waals surface area contributed by atoms with E-state index in [1.807, 2.05) is 16.9 Å². The van der Waals surface area contributed by atoms with Gasteiger partial charge in [-0.3, -0.25) is 4.68 Å². The van der Waals surface area contributed by atoms with Crippen molar-refractivity contribution in [3.63, 3.8) is 0 Å². The molecule has 18 heavy (non-hydrogen) atoms. The van der Waals surface area contributed by atoms with E-state index >= 15 is 0 Å². The molecule has 2 heterocycles. The van der Waals surface area contributed by atoms with E-state index in [-0.39, 0.29) is 6.04 Å². The maximum Gasteiger partial charge on any atom is 0.0758 e. The van der Waals surface area contributed by atoms with Gasteiger partial charge in [-0.25, -0.2) is 0 Å². The minimum absolute atomic E-state index is 0.0302. The highest BCUT2D eigenvalue weighted by Gasteiger charge is 2.15. The van der Waals surface area contributed by atoms with Crippen LogP contribution in [0.1, 0.15) is 37.2 Å². The summed E-state index contributed by atoms with van der Waals surface area (Å²) in [4.78, 5) is 0. The van der Waals surface area contributed by atoms with Crippen molar-refractivity contribution < 1.29 is 0 Å². The smallest absolute Gasteiger partial charge is 0.0758 e. The SMILES string of the molecule is CC(C)n1ccc(CC(N)c2cc(Br)sc2Br)n1. The zero-order valence-electron chi connectivity index (χ0n) is 10.2. The molecule has 2 aromatic rings. The Labute approximate surface area is 128 Å². The highest BCUT2D eigenvalue weighted by Crippen LogP contribution is 2.35. The summed E-state index contributed by atoms with van der Waals surface area (Å²) in [6.45, 7) is 4.23. The Morgan fingerprint density at radius 3 is 2.67 bits per heavy atom. The summed E-state index contributed by atoms with van der Waals surface area (Å²) in [5.74, 6) is 0. The molecule has 2 aromatic heterocycles. The van der Waals surface area contributed by atoms with Gasteiger partial charge in [0.05, 0.1) is 13.3 Å². The van der Waals surface area contributed by atoms with Crippen LogP contribution < -0.4 is 5.73 Å². The van der Waals surface area contributed by atoms with Crippen molar-refractivity contribution in [2.24, 2.45) is 5.73 Å². The Bertz CT molecular complexity index is 533. The molecule has 2 N–H and O–H groups in total. The monoisotopic (exact) mass is 391 g/mol. The Kier molecular flexibility index (Phi) is 4.64. The molecule has 0 fully saturated rings. The Morgan fingerprint density at radius 2 is 2.17 bits per heavy atom. The van der Waals surface area contributed by atoms with Crippen LogP contribution in [0.15, 0.2) is 25.9 Å². The number of nitrogens with two attached hydrogens (primary N) is 1. The molecule has 98 valence electrons. The molecule has 3 nitrogen and oxygen atoms in total. The molecule has 0 saturated heterocycles. The van der Waals surface area contributed by atoms with Crippen LogP contribution in [0.2, 0.25) is 0 Å². The van der Waals surface area contributed by atoms with Gasteiger partial charge in [-0.2, -0.15) is 5.10 Å². The average Bonchev–Trinajstić information content (AvgIpc) is 2.85. The van der Waals surface area contributed by atoms with Crippen molar-refractivity contribution in [3.05, 3.63) is 37.2 Å². The second kappa shape index (κ2) is 5.86. The molecule has 0 saturated carbocycles. The number of halogens is 2. The zero-order chi connectivity index (χ0) is 13.3. The molecule has 2 rings (SSSR count). The van der Waals surface area contributed by atoms with E-state index in [4.69, 9.17) is 5.73 Å². The van der Waals surface area contributed by atoms with Gasteiger partial charge in [-0.05, 0) is 63.4 Å². The topological polar surface area (TPSA) is 43.8 Å². The van der Waals surface area contributed by atoms with E-state index in [0.717, 1.165) is 25.3 Å². The predicted octanol–water partition coefficient (Wildman–Crippen LogP) is 4.29. The lowest BCUT2D eigenvalue weighted by Gasteiger charge is -2.09. The first kappa shape index (κ1) is 14.2. The van der Waals surface area contributed by atoms with E-state index in [9.17, 15) is 0 Å². The summed E-state index contributed by atoms with van der Waals surface area (Å²) >= 11 is 8.66. The minimum atomic E-state index is -0.0302. The molecular weight excluding hydrogens is 378 g/mol. The summed E-state index contributed by atoms with van der Waals surface area (Å²) in [5, 5.41) is 4.52. The fraction of sp³-hybridized carbons (Fsp3) is 0.417. The normalized spacial score (nSPS) is 13.2. The fourth-order valence-corrected chi connectivity index (χ4v) is 4.72. The van der Waals surface area contributed by atoms with Gasteiger partial charge in [0.2, 0.25) is 0 Å². The standard InChI is InChI=1S/C12H15Br2N3S/c1-7(2)17-4-3-8(16-17)5-10(15)9-6-11(13)18-12(9)14/h3-4,6-7,10H,5,15H2,1-2H3. The molecule has 0 amide bonds. The van der Waals surface area contributed by atoms with Gasteiger partial charge < -0.3 is 5.73 Å². The lowest BCUT2D eigenvalue weighted by Crippen LogP contribution is -2.13. The molecule has 0 bridgehead atoms. The molecular formula is C12H15Br2N3S. The molecule has 0 radical (unpaired) electrons. The Hall–Kier alpha value is -0.170. The molecule has 0 aromatic carbocycles. The number of hydrogen-bond donors (Lipinski definition) is 1. The van der Waals surface area contributed by atoms with Crippen molar-refractivity contribution >= 4 is 43.2 Å². The molecule has 0 aliphatic heterocycles. The lowest BCUT2D eigenvalue weighted by atomic mass is 10.1. The summed E-state index contributed by atoms with van der Waals surface area (Å²) in [6, 6.07) is 4.46. The largest absolute Gasteiger partial charge is 0.324 e. The van der Waals surface area contributed by atoms with Crippen LogP contribution in [0.3, 0.4) is 0 Å². The highest BCUT2D eigenvalue weighted by molar-refractivity contribution is 9.12. The third-order valence-corrected chi connectivity index (χ3v) is 5.09. The number of hydrogen-bond acceptors (Lipinski definition) is 3. The van der Waals surface area contributed by atoms with Crippen molar-refractivity contribution in [3.8, 4) is 0 Å². The molecule has 0 aliphatic carbocycles. The summed E-state index contributed by atoms with van der Waals surface area (Å²) < 4.78 is 4.14. The van der Waals surface area contributed by atoms with Gasteiger partial charge in [-0.15, -0.1) is 11.3 Å². The van der Waals surface area contributed by atoms with Crippen LogP contribution in [0.5, 0.6) is 0 Å². The third kappa shape index (κ3) is 3.23. The third-order valence-electron chi connectivity index (χ3n) is 2.70. The number of thiophene rings is 1. The summed E-state index contributed by atoms with van der Waals surface area (Å²) in [7, 11) is 0. The van der Waals surface area contributed by atoms with Crippen molar-refractivity contribution in [1.82, 2.24) is 9.78 Å². The second-order valence-electron chi connectivity index (χ2n) is 4.47. The van der Waals surface area contributed by atoms with Gasteiger partial charge in [0.15, 0.2) is 0 Å².